The van der Waals surface area contributed by atoms with Gasteiger partial charge in [0.2, 0.25) is 0 Å². The van der Waals surface area contributed by atoms with Gasteiger partial charge in [-0.2, -0.15) is 0 Å². The third-order valence-electron chi connectivity index (χ3n) is 2.75. The number of rotatable bonds is 6. The summed E-state index contributed by atoms with van der Waals surface area (Å²) in [6.07, 6.45) is 1.93. The van der Waals surface area contributed by atoms with E-state index >= 15 is 0 Å². The minimum Gasteiger partial charge on any atom is -0.481 e. The lowest BCUT2D eigenvalue weighted by atomic mass is 10.1. The fourth-order valence-corrected chi connectivity index (χ4v) is 2.27. The van der Waals surface area contributed by atoms with Crippen molar-refractivity contribution in [2.75, 3.05) is 6.54 Å². The highest BCUT2D eigenvalue weighted by atomic mass is 32.1. The summed E-state index contributed by atoms with van der Waals surface area (Å²) < 4.78 is 5.20. The van der Waals surface area contributed by atoms with E-state index in [4.69, 9.17) is 9.52 Å². The first-order valence-corrected chi connectivity index (χ1v) is 6.96. The van der Waals surface area contributed by atoms with Crippen molar-refractivity contribution in [3.8, 4) is 10.8 Å². The van der Waals surface area contributed by atoms with Crippen molar-refractivity contribution in [1.82, 2.24) is 10.3 Å². The van der Waals surface area contributed by atoms with Crippen molar-refractivity contribution in [2.45, 2.75) is 13.3 Å². The van der Waals surface area contributed by atoms with E-state index in [9.17, 15) is 9.59 Å². The molecule has 0 aromatic carbocycles. The van der Waals surface area contributed by atoms with Gasteiger partial charge in [-0.05, 0) is 18.6 Å². The molecule has 2 rings (SSSR count). The van der Waals surface area contributed by atoms with Crippen molar-refractivity contribution >= 4 is 23.2 Å². The molecule has 106 valence electrons. The van der Waals surface area contributed by atoms with Crippen LogP contribution in [0, 0.1) is 5.92 Å². The van der Waals surface area contributed by atoms with E-state index in [0.717, 1.165) is 0 Å². The van der Waals surface area contributed by atoms with Crippen LogP contribution in [-0.4, -0.2) is 28.5 Å². The van der Waals surface area contributed by atoms with Gasteiger partial charge >= 0.3 is 5.97 Å². The average molecular weight is 294 g/mol. The third kappa shape index (κ3) is 3.45. The van der Waals surface area contributed by atoms with Gasteiger partial charge in [0.15, 0.2) is 10.8 Å². The number of aromatic nitrogens is 1. The Kier molecular flexibility index (Phi) is 4.52. The molecule has 2 N–H and O–H groups in total. The van der Waals surface area contributed by atoms with E-state index in [0.29, 0.717) is 29.4 Å². The maximum atomic E-state index is 11.8. The van der Waals surface area contributed by atoms with Crippen molar-refractivity contribution < 1.29 is 19.1 Å². The molecular weight excluding hydrogens is 280 g/mol. The minimum atomic E-state index is -0.868. The van der Waals surface area contributed by atoms with Crippen molar-refractivity contribution in [3.63, 3.8) is 0 Å². The van der Waals surface area contributed by atoms with Crippen LogP contribution >= 0.6 is 11.3 Å². The molecule has 20 heavy (non-hydrogen) atoms. The Labute approximate surface area is 119 Å². The second-order valence-electron chi connectivity index (χ2n) is 4.30. The Morgan fingerprint density at radius 1 is 1.55 bits per heavy atom. The number of amides is 1. The molecule has 2 heterocycles. The second-order valence-corrected chi connectivity index (χ2v) is 5.16. The summed E-state index contributed by atoms with van der Waals surface area (Å²) in [4.78, 5) is 26.7. The number of nitrogens with one attached hydrogen (secondary N) is 1. The molecule has 1 amide bonds. The van der Waals surface area contributed by atoms with Gasteiger partial charge in [0.1, 0.15) is 5.69 Å². The van der Waals surface area contributed by atoms with Gasteiger partial charge < -0.3 is 14.8 Å². The highest BCUT2D eigenvalue weighted by molar-refractivity contribution is 7.13. The first-order valence-electron chi connectivity index (χ1n) is 6.08. The highest BCUT2D eigenvalue weighted by Gasteiger charge is 2.14. The molecule has 0 aliphatic heterocycles. The number of hydrogen-bond acceptors (Lipinski definition) is 5. The summed E-state index contributed by atoms with van der Waals surface area (Å²) >= 11 is 1.32. The van der Waals surface area contributed by atoms with E-state index < -0.39 is 11.9 Å². The molecule has 0 bridgehead atoms. The van der Waals surface area contributed by atoms with Crippen molar-refractivity contribution in [2.24, 2.45) is 5.92 Å². The van der Waals surface area contributed by atoms with Crippen LogP contribution in [0.4, 0.5) is 0 Å². The smallest absolute Gasteiger partial charge is 0.306 e. The average Bonchev–Trinajstić information content (AvgIpc) is 3.08. The van der Waals surface area contributed by atoms with Crippen LogP contribution in [0.5, 0.6) is 0 Å². The Balaban J connectivity index is 1.89. The van der Waals surface area contributed by atoms with Gasteiger partial charge in [0.05, 0.1) is 12.2 Å². The molecule has 0 aliphatic rings. The van der Waals surface area contributed by atoms with Crippen LogP contribution < -0.4 is 5.32 Å². The largest absolute Gasteiger partial charge is 0.481 e. The number of carbonyl (C=O) groups is 2. The lowest BCUT2D eigenvalue weighted by molar-refractivity contribution is -0.141. The second kappa shape index (κ2) is 6.33. The number of aliphatic carboxylic acids is 1. The van der Waals surface area contributed by atoms with E-state index in [1.54, 1.807) is 30.7 Å². The quantitative estimate of drug-likeness (QED) is 0.852. The van der Waals surface area contributed by atoms with Gasteiger partial charge in [-0.3, -0.25) is 9.59 Å². The van der Waals surface area contributed by atoms with Crippen LogP contribution in [0.1, 0.15) is 23.8 Å². The Morgan fingerprint density at radius 2 is 2.35 bits per heavy atom. The molecule has 0 saturated carbocycles. The van der Waals surface area contributed by atoms with E-state index in [1.165, 1.54) is 11.3 Å². The predicted octanol–water partition coefficient (Wildman–Crippen LogP) is 2.24. The number of carbonyl (C=O) groups excluding carboxylic acids is 1. The molecule has 0 aliphatic carbocycles. The van der Waals surface area contributed by atoms with E-state index in [1.807, 2.05) is 0 Å². The molecular formula is C13H14N2O4S. The topological polar surface area (TPSA) is 92.4 Å². The first-order chi connectivity index (χ1) is 9.58. The zero-order valence-corrected chi connectivity index (χ0v) is 11.6. The van der Waals surface area contributed by atoms with Crippen molar-refractivity contribution in [1.29, 1.82) is 0 Å². The van der Waals surface area contributed by atoms with Gasteiger partial charge in [-0.15, -0.1) is 11.3 Å². The van der Waals surface area contributed by atoms with Crippen molar-refractivity contribution in [3.05, 3.63) is 29.5 Å². The molecule has 1 atom stereocenters. The Morgan fingerprint density at radius 3 is 3.00 bits per heavy atom. The number of furan rings is 1. The number of carboxylic acid groups (broad SMARTS) is 1. The summed E-state index contributed by atoms with van der Waals surface area (Å²) in [7, 11) is 0. The zero-order chi connectivity index (χ0) is 14.5. The molecule has 6 nitrogen and oxygen atoms in total. The van der Waals surface area contributed by atoms with Gasteiger partial charge in [0.25, 0.3) is 5.91 Å². The van der Waals surface area contributed by atoms with Crippen LogP contribution in [0.25, 0.3) is 10.8 Å². The zero-order valence-electron chi connectivity index (χ0n) is 10.8. The summed E-state index contributed by atoms with van der Waals surface area (Å²) in [5, 5.41) is 13.7. The standard InChI is InChI=1S/C13H14N2O4S/c1-8(13(17)18)4-5-14-11(16)9-7-20-12(15-9)10-3-2-6-19-10/h2-3,6-8H,4-5H2,1H3,(H,14,16)(H,17,18). The molecule has 0 saturated heterocycles. The summed E-state index contributed by atoms with van der Waals surface area (Å²) in [5.41, 5.74) is 0.310. The fourth-order valence-electron chi connectivity index (χ4n) is 1.51. The maximum Gasteiger partial charge on any atom is 0.306 e. The number of carboxylic acids is 1. The summed E-state index contributed by atoms with van der Waals surface area (Å²) in [5.74, 6) is -1.04. The molecule has 2 aromatic heterocycles. The monoisotopic (exact) mass is 294 g/mol. The Bertz CT molecular complexity index is 591. The SMILES string of the molecule is CC(CCNC(=O)c1csc(-c2ccco2)n1)C(=O)O. The predicted molar refractivity (Wildman–Crippen MR) is 73.6 cm³/mol. The molecule has 1 unspecified atom stereocenters. The van der Waals surface area contributed by atoms with E-state index in [2.05, 4.69) is 10.3 Å². The molecule has 2 aromatic rings. The van der Waals surface area contributed by atoms with Gasteiger partial charge in [-0.25, -0.2) is 4.98 Å². The van der Waals surface area contributed by atoms with E-state index in [-0.39, 0.29) is 5.91 Å². The van der Waals surface area contributed by atoms with Crippen LogP contribution in [-0.2, 0) is 4.79 Å². The molecule has 0 spiro atoms. The lowest BCUT2D eigenvalue weighted by Crippen LogP contribution is -2.27. The minimum absolute atomic E-state index is 0.305. The highest BCUT2D eigenvalue weighted by Crippen LogP contribution is 2.23. The maximum absolute atomic E-state index is 11.8. The molecule has 0 fully saturated rings. The third-order valence-corrected chi connectivity index (χ3v) is 3.61. The number of nitrogens with zero attached hydrogens (tertiary/aromatic N) is 1. The number of hydrogen-bond donors (Lipinski definition) is 2. The van der Waals surface area contributed by atoms with Crippen LogP contribution in [0.3, 0.4) is 0 Å². The summed E-state index contributed by atoms with van der Waals surface area (Å²) in [6, 6.07) is 3.53. The van der Waals surface area contributed by atoms with Gasteiger partial charge in [-0.1, -0.05) is 6.92 Å². The van der Waals surface area contributed by atoms with Gasteiger partial charge in [0, 0.05) is 11.9 Å². The molecule has 0 radical (unpaired) electrons. The molecule has 7 heteroatoms. The first kappa shape index (κ1) is 14.3. The Hall–Kier alpha value is -2.15. The van der Waals surface area contributed by atoms with Crippen LogP contribution in [0.2, 0.25) is 0 Å². The summed E-state index contributed by atoms with van der Waals surface area (Å²) in [6.45, 7) is 1.91. The van der Waals surface area contributed by atoms with Crippen LogP contribution in [0.15, 0.2) is 28.2 Å². The lowest BCUT2D eigenvalue weighted by Gasteiger charge is -2.06. The fraction of sp³-hybridized carbons (Fsp3) is 0.308. The normalized spacial score (nSPS) is 12.1. The number of thiazole rings is 1.